The van der Waals surface area contributed by atoms with Crippen LogP contribution in [0.2, 0.25) is 0 Å². The van der Waals surface area contributed by atoms with Crippen molar-refractivity contribution >= 4 is 21.9 Å². The smallest absolute Gasteiger partial charge is 0.359 e. The van der Waals surface area contributed by atoms with Crippen LogP contribution >= 0.6 is 15.9 Å². The summed E-state index contributed by atoms with van der Waals surface area (Å²) in [5, 5.41) is 6.75. The fraction of sp³-hybridized carbons (Fsp3) is 0.500. The van der Waals surface area contributed by atoms with Crippen molar-refractivity contribution in [3.8, 4) is 0 Å². The Hall–Kier alpha value is -0.840. The number of hydrogen-bond acceptors (Lipinski definition) is 3. The second-order valence-corrected chi connectivity index (χ2v) is 3.86. The van der Waals surface area contributed by atoms with Crippen LogP contribution < -0.4 is 0 Å². The fourth-order valence-electron chi connectivity index (χ4n) is 1.22. The van der Waals surface area contributed by atoms with Gasteiger partial charge in [0.1, 0.15) is 0 Å². The fourth-order valence-corrected chi connectivity index (χ4v) is 1.88. The first-order valence-electron chi connectivity index (χ1n) is 4.06. The van der Waals surface area contributed by atoms with Crippen LogP contribution in [-0.2, 0) is 4.74 Å². The van der Waals surface area contributed by atoms with E-state index in [-0.39, 0.29) is 0 Å². The first kappa shape index (κ1) is 8.74. The van der Waals surface area contributed by atoms with E-state index in [1.807, 2.05) is 0 Å². The quantitative estimate of drug-likeness (QED) is 0.808. The molecule has 1 saturated carbocycles. The topological polar surface area (TPSA) is 55.0 Å². The number of esters is 1. The van der Waals surface area contributed by atoms with Gasteiger partial charge in [-0.2, -0.15) is 5.10 Å². The molecular weight excluding hydrogens is 236 g/mol. The second kappa shape index (κ2) is 3.14. The number of methoxy groups -OCH3 is 1. The third kappa shape index (κ3) is 1.48. The highest BCUT2D eigenvalue weighted by Gasteiger charge is 2.30. The number of H-pyrrole nitrogens is 1. The van der Waals surface area contributed by atoms with Gasteiger partial charge in [-0.15, -0.1) is 0 Å². The normalized spacial score (nSPS) is 15.8. The molecule has 0 spiro atoms. The van der Waals surface area contributed by atoms with Gasteiger partial charge in [0.05, 0.1) is 17.3 Å². The molecule has 70 valence electrons. The molecule has 5 heteroatoms. The molecule has 1 aromatic heterocycles. The number of carbonyl (C=O) groups excluding carboxylic acids is 1. The number of hydrogen-bond donors (Lipinski definition) is 1. The zero-order valence-electron chi connectivity index (χ0n) is 7.13. The van der Waals surface area contributed by atoms with Gasteiger partial charge in [-0.25, -0.2) is 4.79 Å². The highest BCUT2D eigenvalue weighted by atomic mass is 79.9. The first-order chi connectivity index (χ1) is 6.24. The summed E-state index contributed by atoms with van der Waals surface area (Å²) in [5.41, 5.74) is 1.35. The number of aromatic amines is 1. The Labute approximate surface area is 83.8 Å². The number of nitrogens with one attached hydrogen (secondary N) is 1. The molecule has 2 rings (SSSR count). The number of halogens is 1. The van der Waals surface area contributed by atoms with Crippen LogP contribution in [0.1, 0.15) is 34.9 Å². The van der Waals surface area contributed by atoms with Crippen molar-refractivity contribution in [3.63, 3.8) is 0 Å². The zero-order valence-corrected chi connectivity index (χ0v) is 8.72. The third-order valence-corrected chi connectivity index (χ3v) is 2.90. The molecule has 0 radical (unpaired) electrons. The lowest BCUT2D eigenvalue weighted by Gasteiger charge is -1.94. The number of carbonyl (C=O) groups is 1. The monoisotopic (exact) mass is 244 g/mol. The van der Waals surface area contributed by atoms with Crippen LogP contribution in [0, 0.1) is 0 Å². The molecule has 0 atom stereocenters. The number of ether oxygens (including phenoxy) is 1. The predicted octanol–water partition coefficient (Wildman–Crippen LogP) is 1.84. The Morgan fingerprint density at radius 2 is 2.38 bits per heavy atom. The molecule has 1 aromatic rings. The van der Waals surface area contributed by atoms with Crippen LogP contribution in [0.15, 0.2) is 4.47 Å². The van der Waals surface area contributed by atoms with E-state index < -0.39 is 5.97 Å². The first-order valence-corrected chi connectivity index (χ1v) is 4.85. The molecule has 1 aliphatic rings. The SMILES string of the molecule is COC(=O)c1n[nH]c(C2CC2)c1Br. The molecule has 13 heavy (non-hydrogen) atoms. The molecule has 0 unspecified atom stereocenters. The van der Waals surface area contributed by atoms with Crippen molar-refractivity contribution in [2.75, 3.05) is 7.11 Å². The van der Waals surface area contributed by atoms with Crippen LogP contribution in [0.25, 0.3) is 0 Å². The van der Waals surface area contributed by atoms with Gasteiger partial charge in [0.15, 0.2) is 5.69 Å². The van der Waals surface area contributed by atoms with Crippen LogP contribution in [0.3, 0.4) is 0 Å². The summed E-state index contributed by atoms with van der Waals surface area (Å²) < 4.78 is 5.33. The van der Waals surface area contributed by atoms with Gasteiger partial charge in [-0.05, 0) is 28.8 Å². The van der Waals surface area contributed by atoms with Crippen molar-refractivity contribution in [2.45, 2.75) is 18.8 Å². The maximum absolute atomic E-state index is 11.2. The van der Waals surface area contributed by atoms with Crippen LogP contribution in [0.5, 0.6) is 0 Å². The molecule has 0 aromatic carbocycles. The molecular formula is C8H9BrN2O2. The molecule has 1 fully saturated rings. The van der Waals surface area contributed by atoms with Crippen molar-refractivity contribution in [1.29, 1.82) is 0 Å². The molecule has 1 aliphatic carbocycles. The lowest BCUT2D eigenvalue weighted by Crippen LogP contribution is -2.02. The van der Waals surface area contributed by atoms with E-state index >= 15 is 0 Å². The highest BCUT2D eigenvalue weighted by Crippen LogP contribution is 2.42. The van der Waals surface area contributed by atoms with Crippen molar-refractivity contribution in [2.24, 2.45) is 0 Å². The minimum absolute atomic E-state index is 0.337. The lowest BCUT2D eigenvalue weighted by atomic mass is 10.3. The Kier molecular flexibility index (Phi) is 2.11. The van der Waals surface area contributed by atoms with Crippen molar-refractivity contribution in [3.05, 3.63) is 15.9 Å². The van der Waals surface area contributed by atoms with E-state index in [2.05, 4.69) is 30.9 Å². The average molecular weight is 245 g/mol. The minimum Gasteiger partial charge on any atom is -0.464 e. The number of rotatable bonds is 2. The van der Waals surface area contributed by atoms with Crippen molar-refractivity contribution in [1.82, 2.24) is 10.2 Å². The summed E-state index contributed by atoms with van der Waals surface area (Å²) in [4.78, 5) is 11.2. The minimum atomic E-state index is -0.407. The summed E-state index contributed by atoms with van der Waals surface area (Å²) in [6, 6.07) is 0. The summed E-state index contributed by atoms with van der Waals surface area (Å²) in [7, 11) is 1.35. The van der Waals surface area contributed by atoms with Gasteiger partial charge in [-0.1, -0.05) is 0 Å². The van der Waals surface area contributed by atoms with Crippen molar-refractivity contribution < 1.29 is 9.53 Å². The molecule has 1 heterocycles. The maximum atomic E-state index is 11.2. The van der Waals surface area contributed by atoms with E-state index in [0.717, 1.165) is 10.2 Å². The summed E-state index contributed by atoms with van der Waals surface area (Å²) >= 11 is 3.34. The largest absolute Gasteiger partial charge is 0.464 e. The van der Waals surface area contributed by atoms with E-state index in [1.165, 1.54) is 20.0 Å². The Balaban J connectivity index is 2.32. The summed E-state index contributed by atoms with van der Waals surface area (Å²) in [6.07, 6.45) is 2.34. The number of nitrogens with zero attached hydrogens (tertiary/aromatic N) is 1. The third-order valence-electron chi connectivity index (χ3n) is 2.10. The standard InChI is InChI=1S/C8H9BrN2O2/c1-13-8(12)7-5(9)6(10-11-7)4-2-3-4/h4H,2-3H2,1H3,(H,10,11). The van der Waals surface area contributed by atoms with Gasteiger partial charge >= 0.3 is 5.97 Å². The van der Waals surface area contributed by atoms with Gasteiger partial charge in [0, 0.05) is 5.92 Å². The van der Waals surface area contributed by atoms with E-state index in [4.69, 9.17) is 0 Å². The second-order valence-electron chi connectivity index (χ2n) is 3.07. The van der Waals surface area contributed by atoms with E-state index in [1.54, 1.807) is 0 Å². The van der Waals surface area contributed by atoms with Gasteiger partial charge < -0.3 is 4.74 Å². The molecule has 0 aliphatic heterocycles. The molecule has 0 bridgehead atoms. The Morgan fingerprint density at radius 3 is 2.92 bits per heavy atom. The Morgan fingerprint density at radius 1 is 1.69 bits per heavy atom. The highest BCUT2D eigenvalue weighted by molar-refractivity contribution is 9.10. The molecule has 4 nitrogen and oxygen atoms in total. The van der Waals surface area contributed by atoms with Gasteiger partial charge in [-0.3, -0.25) is 5.10 Å². The number of aromatic nitrogens is 2. The van der Waals surface area contributed by atoms with E-state index in [9.17, 15) is 4.79 Å². The summed E-state index contributed by atoms with van der Waals surface area (Å²) in [6.45, 7) is 0. The molecule has 0 amide bonds. The van der Waals surface area contributed by atoms with E-state index in [0.29, 0.717) is 11.6 Å². The summed E-state index contributed by atoms with van der Waals surface area (Å²) in [5.74, 6) is 0.135. The predicted molar refractivity (Wildman–Crippen MR) is 49.6 cm³/mol. The molecule has 0 saturated heterocycles. The van der Waals surface area contributed by atoms with Gasteiger partial charge in [0.2, 0.25) is 0 Å². The molecule has 1 N–H and O–H groups in total. The van der Waals surface area contributed by atoms with Gasteiger partial charge in [0.25, 0.3) is 0 Å². The maximum Gasteiger partial charge on any atom is 0.359 e. The Bertz CT molecular complexity index is 344. The lowest BCUT2D eigenvalue weighted by molar-refractivity contribution is 0.0593. The van der Waals surface area contributed by atoms with Crippen LogP contribution in [0.4, 0.5) is 0 Å². The van der Waals surface area contributed by atoms with Crippen LogP contribution in [-0.4, -0.2) is 23.3 Å². The zero-order chi connectivity index (χ0) is 9.42. The average Bonchev–Trinajstić information content (AvgIpc) is 2.90.